The lowest BCUT2D eigenvalue weighted by Crippen LogP contribution is -2.37. The van der Waals surface area contributed by atoms with Crippen molar-refractivity contribution in [3.05, 3.63) is 45.4 Å². The molecular weight excluding hydrogens is 354 g/mol. The zero-order chi connectivity index (χ0) is 19.1. The SMILES string of the molecule is COCCN(Cc1nc(C(=O)OC)cs1)C(=O)Nc1cccc(C)c1C. The number of nitrogens with zero attached hydrogens (tertiary/aromatic N) is 2. The monoisotopic (exact) mass is 377 g/mol. The Morgan fingerprint density at radius 1 is 1.27 bits per heavy atom. The molecule has 0 aliphatic rings. The van der Waals surface area contributed by atoms with E-state index in [4.69, 9.17) is 4.74 Å². The Balaban J connectivity index is 2.12. The first kappa shape index (κ1) is 19.9. The number of ether oxygens (including phenoxy) is 2. The Morgan fingerprint density at radius 2 is 2.04 bits per heavy atom. The van der Waals surface area contributed by atoms with Gasteiger partial charge in [0.2, 0.25) is 0 Å². The van der Waals surface area contributed by atoms with Gasteiger partial charge in [0, 0.05) is 24.7 Å². The van der Waals surface area contributed by atoms with E-state index in [9.17, 15) is 9.59 Å². The average Bonchev–Trinajstić information content (AvgIpc) is 3.10. The van der Waals surface area contributed by atoms with Crippen molar-refractivity contribution in [1.82, 2.24) is 9.88 Å². The fourth-order valence-electron chi connectivity index (χ4n) is 2.28. The van der Waals surface area contributed by atoms with Gasteiger partial charge in [0.05, 0.1) is 20.3 Å². The second kappa shape index (κ2) is 9.30. The maximum Gasteiger partial charge on any atom is 0.357 e. The molecule has 0 saturated carbocycles. The van der Waals surface area contributed by atoms with E-state index in [2.05, 4.69) is 15.0 Å². The second-order valence-electron chi connectivity index (χ2n) is 5.71. The van der Waals surface area contributed by atoms with Crippen LogP contribution in [0.4, 0.5) is 10.5 Å². The molecule has 2 aromatic rings. The summed E-state index contributed by atoms with van der Waals surface area (Å²) >= 11 is 1.31. The van der Waals surface area contributed by atoms with Gasteiger partial charge in [-0.3, -0.25) is 0 Å². The van der Waals surface area contributed by atoms with Gasteiger partial charge < -0.3 is 19.7 Å². The molecule has 0 aliphatic carbocycles. The third-order valence-electron chi connectivity index (χ3n) is 3.97. The number of benzene rings is 1. The number of hydrogen-bond donors (Lipinski definition) is 1. The molecule has 0 aliphatic heterocycles. The minimum absolute atomic E-state index is 0.245. The largest absolute Gasteiger partial charge is 0.464 e. The molecule has 1 heterocycles. The van der Waals surface area contributed by atoms with Crippen LogP contribution in [0.15, 0.2) is 23.6 Å². The first-order chi connectivity index (χ1) is 12.5. The third-order valence-corrected chi connectivity index (χ3v) is 4.80. The number of anilines is 1. The summed E-state index contributed by atoms with van der Waals surface area (Å²) < 4.78 is 9.76. The maximum absolute atomic E-state index is 12.7. The molecule has 0 bridgehead atoms. The van der Waals surface area contributed by atoms with Gasteiger partial charge in [0.25, 0.3) is 0 Å². The van der Waals surface area contributed by atoms with Crippen LogP contribution in [0.3, 0.4) is 0 Å². The fraction of sp³-hybridized carbons (Fsp3) is 0.389. The minimum atomic E-state index is -0.490. The molecule has 8 heteroatoms. The summed E-state index contributed by atoms with van der Waals surface area (Å²) in [5.41, 5.74) is 3.14. The van der Waals surface area contributed by atoms with Gasteiger partial charge >= 0.3 is 12.0 Å². The van der Waals surface area contributed by atoms with Crippen molar-refractivity contribution in [2.75, 3.05) is 32.7 Å². The van der Waals surface area contributed by atoms with Gasteiger partial charge in [-0.25, -0.2) is 14.6 Å². The molecule has 140 valence electrons. The number of rotatable bonds is 7. The summed E-state index contributed by atoms with van der Waals surface area (Å²) in [6.07, 6.45) is 0. The molecule has 2 rings (SSSR count). The number of carbonyl (C=O) groups excluding carboxylic acids is 2. The highest BCUT2D eigenvalue weighted by molar-refractivity contribution is 7.09. The summed E-state index contributed by atoms with van der Waals surface area (Å²) in [6.45, 7) is 5.04. The van der Waals surface area contributed by atoms with Crippen LogP contribution in [0.25, 0.3) is 0 Å². The molecule has 0 radical (unpaired) electrons. The first-order valence-electron chi connectivity index (χ1n) is 8.10. The van der Waals surface area contributed by atoms with Crippen molar-refractivity contribution < 1.29 is 19.1 Å². The predicted molar refractivity (Wildman–Crippen MR) is 101 cm³/mol. The van der Waals surface area contributed by atoms with Crippen molar-refractivity contribution in [3.63, 3.8) is 0 Å². The van der Waals surface area contributed by atoms with Crippen LogP contribution in [0.1, 0.15) is 26.6 Å². The van der Waals surface area contributed by atoms with Gasteiger partial charge in [0.1, 0.15) is 5.01 Å². The first-order valence-corrected chi connectivity index (χ1v) is 8.98. The number of hydrogen-bond acceptors (Lipinski definition) is 6. The molecule has 1 N–H and O–H groups in total. The number of methoxy groups -OCH3 is 2. The van der Waals surface area contributed by atoms with Crippen molar-refractivity contribution in [2.45, 2.75) is 20.4 Å². The van der Waals surface area contributed by atoms with Gasteiger partial charge in [-0.2, -0.15) is 0 Å². The number of aromatic nitrogens is 1. The van der Waals surface area contributed by atoms with E-state index in [0.717, 1.165) is 16.8 Å². The Morgan fingerprint density at radius 3 is 2.73 bits per heavy atom. The molecule has 0 spiro atoms. The molecule has 1 aromatic heterocycles. The van der Waals surface area contributed by atoms with Crippen LogP contribution in [0.5, 0.6) is 0 Å². The van der Waals surface area contributed by atoms with E-state index >= 15 is 0 Å². The molecule has 1 aromatic carbocycles. The zero-order valence-electron chi connectivity index (χ0n) is 15.4. The summed E-state index contributed by atoms with van der Waals surface area (Å²) in [7, 11) is 2.89. The van der Waals surface area contributed by atoms with Crippen LogP contribution in [0.2, 0.25) is 0 Å². The van der Waals surface area contributed by atoms with Crippen molar-refractivity contribution in [2.24, 2.45) is 0 Å². The van der Waals surface area contributed by atoms with Gasteiger partial charge in [-0.1, -0.05) is 12.1 Å². The average molecular weight is 377 g/mol. The molecule has 0 atom stereocenters. The van der Waals surface area contributed by atoms with E-state index in [1.165, 1.54) is 18.4 Å². The molecule has 26 heavy (non-hydrogen) atoms. The number of nitrogens with one attached hydrogen (secondary N) is 1. The Labute approximate surface area is 156 Å². The highest BCUT2D eigenvalue weighted by atomic mass is 32.1. The van der Waals surface area contributed by atoms with E-state index in [0.29, 0.717) is 18.2 Å². The zero-order valence-corrected chi connectivity index (χ0v) is 16.2. The summed E-state index contributed by atoms with van der Waals surface area (Å²) in [5, 5.41) is 5.21. The van der Waals surface area contributed by atoms with Crippen LogP contribution >= 0.6 is 11.3 Å². The quantitative estimate of drug-likeness (QED) is 0.749. The van der Waals surface area contributed by atoms with Crippen LogP contribution in [0, 0.1) is 13.8 Å². The summed E-state index contributed by atoms with van der Waals surface area (Å²) in [5.74, 6) is -0.490. The normalized spacial score (nSPS) is 10.5. The number of amides is 2. The topological polar surface area (TPSA) is 80.8 Å². The van der Waals surface area contributed by atoms with Crippen LogP contribution in [-0.2, 0) is 16.0 Å². The molecular formula is C18H23N3O4S. The van der Waals surface area contributed by atoms with E-state index in [1.54, 1.807) is 17.4 Å². The Hall–Kier alpha value is -2.45. The lowest BCUT2D eigenvalue weighted by Gasteiger charge is -2.22. The number of carbonyl (C=O) groups is 2. The second-order valence-corrected chi connectivity index (χ2v) is 6.65. The van der Waals surface area contributed by atoms with Gasteiger partial charge in [-0.05, 0) is 31.0 Å². The summed E-state index contributed by atoms with van der Waals surface area (Å²) in [4.78, 5) is 30.1. The highest BCUT2D eigenvalue weighted by Gasteiger charge is 2.18. The molecule has 0 fully saturated rings. The number of esters is 1. The van der Waals surface area contributed by atoms with Crippen LogP contribution < -0.4 is 5.32 Å². The van der Waals surface area contributed by atoms with E-state index in [-0.39, 0.29) is 18.3 Å². The van der Waals surface area contributed by atoms with Crippen molar-refractivity contribution >= 4 is 29.0 Å². The van der Waals surface area contributed by atoms with Gasteiger partial charge in [0.15, 0.2) is 5.69 Å². The lowest BCUT2D eigenvalue weighted by atomic mass is 10.1. The lowest BCUT2D eigenvalue weighted by molar-refractivity contribution is 0.0594. The number of thiazole rings is 1. The van der Waals surface area contributed by atoms with Gasteiger partial charge in [-0.15, -0.1) is 11.3 Å². The summed E-state index contributed by atoms with van der Waals surface area (Å²) in [6, 6.07) is 5.52. The Bertz CT molecular complexity index is 776. The standard InChI is InChI=1S/C18H23N3O4S/c1-12-6-5-7-14(13(12)2)20-18(23)21(8-9-24-3)10-16-19-15(11-26-16)17(22)25-4/h5-7,11H,8-10H2,1-4H3,(H,20,23). The number of aryl methyl sites for hydroxylation is 1. The van der Waals surface area contributed by atoms with E-state index < -0.39 is 5.97 Å². The van der Waals surface area contributed by atoms with E-state index in [1.807, 2.05) is 32.0 Å². The van der Waals surface area contributed by atoms with Crippen LogP contribution in [-0.4, -0.2) is 49.3 Å². The number of urea groups is 1. The highest BCUT2D eigenvalue weighted by Crippen LogP contribution is 2.19. The molecule has 2 amide bonds. The van der Waals surface area contributed by atoms with Crippen molar-refractivity contribution in [1.29, 1.82) is 0 Å². The smallest absolute Gasteiger partial charge is 0.357 e. The van der Waals surface area contributed by atoms with Crippen molar-refractivity contribution in [3.8, 4) is 0 Å². The predicted octanol–water partition coefficient (Wildman–Crippen LogP) is 3.23. The molecule has 7 nitrogen and oxygen atoms in total. The Kier molecular flexibility index (Phi) is 7.11. The minimum Gasteiger partial charge on any atom is -0.464 e. The maximum atomic E-state index is 12.7. The fourth-order valence-corrected chi connectivity index (χ4v) is 3.06. The molecule has 0 saturated heterocycles. The molecule has 0 unspecified atom stereocenters. The third kappa shape index (κ3) is 5.03.